The number of aliphatic carboxylic acids is 4. The van der Waals surface area contributed by atoms with Crippen LogP contribution in [0.15, 0.2) is 121 Å². The zero-order valence-electron chi connectivity index (χ0n) is 36.5. The summed E-state index contributed by atoms with van der Waals surface area (Å²) in [5, 5.41) is 59.7. The minimum atomic E-state index is -1.49. The summed E-state index contributed by atoms with van der Waals surface area (Å²) >= 11 is 0. The van der Waals surface area contributed by atoms with Gasteiger partial charge in [-0.3, -0.25) is 19.2 Å². The third-order valence-electron chi connectivity index (χ3n) is 11.0. The van der Waals surface area contributed by atoms with Crippen LogP contribution < -0.4 is 21.3 Å². The lowest BCUT2D eigenvalue weighted by molar-refractivity contribution is -0.141. The van der Waals surface area contributed by atoms with Gasteiger partial charge in [-0.25, -0.2) is 19.2 Å². The topological polar surface area (TPSA) is 286 Å². The van der Waals surface area contributed by atoms with E-state index in [2.05, 4.69) is 21.3 Å². The second-order valence-corrected chi connectivity index (χ2v) is 16.0. The van der Waals surface area contributed by atoms with Crippen LogP contribution >= 0.6 is 0 Å². The van der Waals surface area contributed by atoms with Crippen LogP contribution in [0.1, 0.15) is 89.5 Å². The molecule has 5 unspecified atom stereocenters. The summed E-state index contributed by atoms with van der Waals surface area (Å²) in [4.78, 5) is 105. The number of aromatic hydroxyl groups is 1. The molecule has 0 aliphatic carbocycles. The number of carbonyl (C=O) groups is 8. The van der Waals surface area contributed by atoms with Crippen molar-refractivity contribution in [3.05, 3.63) is 171 Å². The van der Waals surface area contributed by atoms with Crippen LogP contribution in [0.4, 0.5) is 0 Å². The second-order valence-electron chi connectivity index (χ2n) is 16.0. The van der Waals surface area contributed by atoms with Crippen LogP contribution in [0.3, 0.4) is 0 Å². The Balaban J connectivity index is 1.56. The number of hydrogen-bond donors (Lipinski definition) is 9. The molecule has 5 atom stereocenters. The Hall–Kier alpha value is -8.34. The summed E-state index contributed by atoms with van der Waals surface area (Å²) in [7, 11) is 0. The molecule has 9 N–H and O–H groups in total. The van der Waals surface area contributed by atoms with Gasteiger partial charge in [0, 0.05) is 41.5 Å². The van der Waals surface area contributed by atoms with Gasteiger partial charge >= 0.3 is 23.9 Å². The smallest absolute Gasteiger partial charge is 0.326 e. The van der Waals surface area contributed by atoms with Gasteiger partial charge in [0.05, 0.1) is 0 Å². The first kappa shape index (κ1) is 49.7. The van der Waals surface area contributed by atoms with Gasteiger partial charge in [0.2, 0.25) is 0 Å². The van der Waals surface area contributed by atoms with Gasteiger partial charge in [-0.05, 0) is 88.7 Å². The van der Waals surface area contributed by atoms with Crippen LogP contribution in [0.2, 0.25) is 0 Å². The van der Waals surface area contributed by atoms with E-state index >= 15 is 0 Å². The Morgan fingerprint density at radius 1 is 0.433 bits per heavy atom. The van der Waals surface area contributed by atoms with Crippen LogP contribution in [0.25, 0.3) is 0 Å². The number of phenolic OH excluding ortho intramolecular Hbond substituents is 1. The number of hydrogen-bond acceptors (Lipinski definition) is 9. The molecule has 0 spiro atoms. The van der Waals surface area contributed by atoms with Gasteiger partial charge in [0.25, 0.3) is 23.6 Å². The van der Waals surface area contributed by atoms with Crippen molar-refractivity contribution in [3.63, 3.8) is 0 Å². The lowest BCUT2D eigenvalue weighted by Crippen LogP contribution is -2.45. The number of carboxylic acids is 4. The maximum absolute atomic E-state index is 13.9. The highest BCUT2D eigenvalue weighted by Gasteiger charge is 2.29. The molecule has 5 aromatic carbocycles. The van der Waals surface area contributed by atoms with Crippen molar-refractivity contribution in [2.75, 3.05) is 0 Å². The molecule has 0 fully saturated rings. The third-order valence-corrected chi connectivity index (χ3v) is 11.0. The highest BCUT2D eigenvalue weighted by molar-refractivity contribution is 6.03. The fraction of sp³-hybridized carbons (Fsp3) is 0.240. The summed E-state index contributed by atoms with van der Waals surface area (Å²) in [5.41, 5.74) is 1.29. The molecule has 17 heteroatoms. The average Bonchev–Trinajstić information content (AvgIpc) is 3.30. The van der Waals surface area contributed by atoms with Crippen LogP contribution in [-0.4, -0.2) is 97.2 Å². The summed E-state index contributed by atoms with van der Waals surface area (Å²) in [6, 6.07) is 24.8. The Morgan fingerprint density at radius 2 is 0.761 bits per heavy atom. The Labute approximate surface area is 384 Å². The minimum Gasteiger partial charge on any atom is -0.508 e. The number of rotatable bonds is 22. The monoisotopic (exact) mass is 914 g/mol. The molecule has 348 valence electrons. The molecule has 0 heterocycles. The predicted octanol–water partition coefficient (Wildman–Crippen LogP) is 4.49. The molecule has 0 bridgehead atoms. The van der Waals surface area contributed by atoms with Crippen molar-refractivity contribution in [2.45, 2.75) is 70.1 Å². The van der Waals surface area contributed by atoms with Crippen LogP contribution in [-0.2, 0) is 44.9 Å². The molecule has 17 nitrogen and oxygen atoms in total. The van der Waals surface area contributed by atoms with E-state index in [1.165, 1.54) is 54.6 Å². The maximum Gasteiger partial charge on any atom is 0.326 e. The quantitative estimate of drug-likeness (QED) is 0.0463. The molecule has 0 radical (unpaired) electrons. The number of amides is 4. The van der Waals surface area contributed by atoms with Gasteiger partial charge in [-0.1, -0.05) is 93.1 Å². The molecule has 5 aromatic rings. The maximum atomic E-state index is 13.9. The lowest BCUT2D eigenvalue weighted by Gasteiger charge is -2.21. The summed E-state index contributed by atoms with van der Waals surface area (Å²) in [5.74, 6) is -9.55. The number of nitrogens with one attached hydrogen (secondary N) is 4. The van der Waals surface area contributed by atoms with Crippen molar-refractivity contribution in [1.82, 2.24) is 21.3 Å². The van der Waals surface area contributed by atoms with Crippen molar-refractivity contribution in [1.29, 1.82) is 0 Å². The van der Waals surface area contributed by atoms with Gasteiger partial charge < -0.3 is 46.8 Å². The molecule has 0 saturated carbocycles. The highest BCUT2D eigenvalue weighted by atomic mass is 16.4. The zero-order valence-corrected chi connectivity index (χ0v) is 36.5. The van der Waals surface area contributed by atoms with E-state index in [1.807, 2.05) is 0 Å². The summed E-state index contributed by atoms with van der Waals surface area (Å²) < 4.78 is 0. The SMILES string of the molecule is CCC(C)C(NC(=O)c1cc(Cc2cc(C(=O)NC(Cc3ccccc3)C(=O)O)cc(C(=O)NC(Cc3ccc(O)cc3)C(=O)O)c2)cc(C(=O)NC(Cc2ccccc2)C(=O)O)c1)C(=O)O. The molecule has 67 heavy (non-hydrogen) atoms. The Bertz CT molecular complexity index is 2620. The molecule has 0 aromatic heterocycles. The molecule has 4 amide bonds. The van der Waals surface area contributed by atoms with Gasteiger partial charge in [0.1, 0.15) is 29.9 Å². The van der Waals surface area contributed by atoms with Gasteiger partial charge in [-0.2, -0.15) is 0 Å². The molecule has 0 aliphatic heterocycles. The molecule has 0 aliphatic rings. The van der Waals surface area contributed by atoms with Crippen molar-refractivity contribution >= 4 is 47.5 Å². The normalized spacial score (nSPS) is 13.1. The lowest BCUT2D eigenvalue weighted by atomic mass is 9.95. The van der Waals surface area contributed by atoms with Gasteiger partial charge in [-0.15, -0.1) is 0 Å². The van der Waals surface area contributed by atoms with E-state index in [-0.39, 0.29) is 64.8 Å². The van der Waals surface area contributed by atoms with E-state index in [0.717, 1.165) is 6.07 Å². The molecular weight excluding hydrogens is 865 g/mol. The molecular formula is C50H50N4O13. The van der Waals surface area contributed by atoms with Gasteiger partial charge in [0.15, 0.2) is 0 Å². The van der Waals surface area contributed by atoms with E-state index in [1.54, 1.807) is 74.5 Å². The Morgan fingerprint density at radius 3 is 1.07 bits per heavy atom. The number of carbonyl (C=O) groups excluding carboxylic acids is 4. The number of benzene rings is 5. The van der Waals surface area contributed by atoms with Crippen LogP contribution in [0.5, 0.6) is 5.75 Å². The standard InChI is InChI=1S/C50H50N4O13/c1-3-28(2)42(50(66)67)54-46(59)37-22-33(21-36(27-37)45(58)52-40(48(62)63)24-30-12-8-5-9-13-30)18-32-19-34(43(56)51-39(47(60)61)23-29-10-6-4-7-11-29)26-35(20-32)44(57)53-41(49(64)65)25-31-14-16-38(55)17-15-31/h4-17,19-22,26-28,39-42,55H,3,18,23-25H2,1-2H3,(H,51,56)(H,52,58)(H,53,57)(H,54,59)(H,60,61)(H,62,63)(H,64,65)(H,66,67). The zero-order chi connectivity index (χ0) is 48.8. The van der Waals surface area contributed by atoms with E-state index in [0.29, 0.717) is 23.1 Å². The summed E-state index contributed by atoms with van der Waals surface area (Å²) in [6.07, 6.45) is -0.214. The average molecular weight is 915 g/mol. The first-order valence-corrected chi connectivity index (χ1v) is 21.2. The third kappa shape index (κ3) is 14.3. The van der Waals surface area contributed by atoms with E-state index < -0.39 is 77.6 Å². The van der Waals surface area contributed by atoms with Crippen molar-refractivity contribution < 1.29 is 63.9 Å². The van der Waals surface area contributed by atoms with Crippen molar-refractivity contribution in [2.24, 2.45) is 5.92 Å². The second kappa shape index (κ2) is 23.0. The number of phenols is 1. The fourth-order valence-corrected chi connectivity index (χ4v) is 7.15. The highest BCUT2D eigenvalue weighted by Crippen LogP contribution is 2.21. The van der Waals surface area contributed by atoms with E-state index in [4.69, 9.17) is 0 Å². The van der Waals surface area contributed by atoms with E-state index in [9.17, 15) is 63.9 Å². The molecule has 5 rings (SSSR count). The van der Waals surface area contributed by atoms with Crippen LogP contribution in [0, 0.1) is 5.92 Å². The summed E-state index contributed by atoms with van der Waals surface area (Å²) in [6.45, 7) is 3.38. The minimum absolute atomic E-state index is 0.0573. The first-order valence-electron chi connectivity index (χ1n) is 21.2. The molecule has 0 saturated heterocycles. The largest absolute Gasteiger partial charge is 0.508 e. The Kier molecular flexibility index (Phi) is 17.1. The predicted molar refractivity (Wildman–Crippen MR) is 243 cm³/mol. The van der Waals surface area contributed by atoms with Crippen molar-refractivity contribution in [3.8, 4) is 5.75 Å². The fourth-order valence-electron chi connectivity index (χ4n) is 7.15. The number of carboxylic acid groups (broad SMARTS) is 4. The first-order chi connectivity index (χ1) is 31.9.